The van der Waals surface area contributed by atoms with Crippen molar-refractivity contribution in [1.29, 1.82) is 0 Å². The molecular weight excluding hydrogens is 584 g/mol. The summed E-state index contributed by atoms with van der Waals surface area (Å²) >= 11 is 0. The number of carbonyl (C=O) groups excluding carboxylic acids is 2. The van der Waals surface area contributed by atoms with Crippen LogP contribution in [-0.2, 0) is 19.1 Å². The van der Waals surface area contributed by atoms with Crippen LogP contribution in [0.4, 0.5) is 0 Å². The van der Waals surface area contributed by atoms with Gasteiger partial charge in [0.15, 0.2) is 6.10 Å². The van der Waals surface area contributed by atoms with Crippen molar-refractivity contribution in [2.45, 2.75) is 193 Å². The molecule has 5 nitrogen and oxygen atoms in total. The Balaban J connectivity index is 3.57. The Bertz CT molecular complexity index is 797. The van der Waals surface area contributed by atoms with Gasteiger partial charge in [0.1, 0.15) is 6.61 Å². The molecule has 0 rings (SSSR count). The van der Waals surface area contributed by atoms with E-state index in [9.17, 15) is 14.7 Å². The molecule has 0 aromatic carbocycles. The minimum absolute atomic E-state index is 0.0788. The second-order valence-electron chi connectivity index (χ2n) is 13.0. The Morgan fingerprint density at radius 1 is 0.511 bits per heavy atom. The van der Waals surface area contributed by atoms with Gasteiger partial charge in [-0.1, -0.05) is 165 Å². The van der Waals surface area contributed by atoms with Crippen LogP contribution >= 0.6 is 0 Å². The van der Waals surface area contributed by atoms with Gasteiger partial charge in [0.05, 0.1) is 6.61 Å². The van der Waals surface area contributed by atoms with E-state index in [1.165, 1.54) is 96.3 Å². The van der Waals surface area contributed by atoms with Crippen LogP contribution in [0, 0.1) is 0 Å². The van der Waals surface area contributed by atoms with E-state index in [0.29, 0.717) is 12.8 Å². The third kappa shape index (κ3) is 36.5. The Morgan fingerprint density at radius 2 is 0.936 bits per heavy atom. The fourth-order valence-corrected chi connectivity index (χ4v) is 5.43. The summed E-state index contributed by atoms with van der Waals surface area (Å²) in [7, 11) is 0. The van der Waals surface area contributed by atoms with Gasteiger partial charge in [-0.2, -0.15) is 0 Å². The summed E-state index contributed by atoms with van der Waals surface area (Å²) in [4.78, 5) is 24.2. The van der Waals surface area contributed by atoms with E-state index in [0.717, 1.165) is 64.2 Å². The van der Waals surface area contributed by atoms with Gasteiger partial charge in [0, 0.05) is 12.8 Å². The van der Waals surface area contributed by atoms with Crippen molar-refractivity contribution in [2.24, 2.45) is 0 Å². The van der Waals surface area contributed by atoms with Gasteiger partial charge in [0.25, 0.3) is 0 Å². The lowest BCUT2D eigenvalue weighted by molar-refractivity contribution is -0.161. The number of aliphatic hydroxyl groups excluding tert-OH is 1. The fourth-order valence-electron chi connectivity index (χ4n) is 5.43. The number of esters is 2. The number of rotatable bonds is 35. The molecule has 0 aliphatic heterocycles. The summed E-state index contributed by atoms with van der Waals surface area (Å²) in [5, 5.41) is 9.54. The van der Waals surface area contributed by atoms with Gasteiger partial charge in [-0.05, 0) is 57.8 Å². The molecule has 0 amide bonds. The van der Waals surface area contributed by atoms with Crippen molar-refractivity contribution >= 4 is 11.9 Å². The lowest BCUT2D eigenvalue weighted by Gasteiger charge is -2.15. The number of allylic oxidation sites excluding steroid dienone is 8. The molecule has 47 heavy (non-hydrogen) atoms. The van der Waals surface area contributed by atoms with E-state index in [2.05, 4.69) is 62.5 Å². The van der Waals surface area contributed by atoms with E-state index < -0.39 is 6.10 Å². The zero-order chi connectivity index (χ0) is 34.3. The third-order valence-corrected chi connectivity index (χ3v) is 8.42. The summed E-state index contributed by atoms with van der Waals surface area (Å²) in [5.41, 5.74) is 0. The molecule has 1 N–H and O–H groups in total. The summed E-state index contributed by atoms with van der Waals surface area (Å²) in [5.74, 6) is -0.620. The first-order valence-electron chi connectivity index (χ1n) is 19.7. The number of aliphatic hydroxyl groups is 1. The van der Waals surface area contributed by atoms with E-state index in [1.54, 1.807) is 0 Å². The highest BCUT2D eigenvalue weighted by Crippen LogP contribution is 2.13. The first kappa shape index (κ1) is 44.9. The molecule has 0 aromatic rings. The average Bonchev–Trinajstić information content (AvgIpc) is 3.07. The first-order valence-corrected chi connectivity index (χ1v) is 19.7. The number of carbonyl (C=O) groups is 2. The van der Waals surface area contributed by atoms with Crippen LogP contribution in [0.15, 0.2) is 48.6 Å². The van der Waals surface area contributed by atoms with E-state index in [1.807, 2.05) is 0 Å². The third-order valence-electron chi connectivity index (χ3n) is 8.42. The molecule has 0 radical (unpaired) electrons. The van der Waals surface area contributed by atoms with Crippen LogP contribution in [0.25, 0.3) is 0 Å². The first-order chi connectivity index (χ1) is 23.1. The van der Waals surface area contributed by atoms with Crippen molar-refractivity contribution < 1.29 is 24.2 Å². The molecule has 0 spiro atoms. The van der Waals surface area contributed by atoms with Crippen LogP contribution in [0.5, 0.6) is 0 Å². The largest absolute Gasteiger partial charge is 0.462 e. The van der Waals surface area contributed by atoms with E-state index in [4.69, 9.17) is 9.47 Å². The second kappa shape index (κ2) is 38.3. The van der Waals surface area contributed by atoms with Gasteiger partial charge in [-0.25, -0.2) is 0 Å². The SMILES string of the molecule is CC/C=C/C=C/C=C/CCCCCCCC(=O)OCC(CO)OC(=O)CCCCCCCCC/C=C/CCCCCCCCCCC. The van der Waals surface area contributed by atoms with Crippen LogP contribution in [0.1, 0.15) is 187 Å². The van der Waals surface area contributed by atoms with Crippen molar-refractivity contribution in [2.75, 3.05) is 13.2 Å². The average molecular weight is 659 g/mol. The molecule has 1 unspecified atom stereocenters. The molecule has 1 atom stereocenters. The summed E-state index contributed by atoms with van der Waals surface area (Å²) < 4.78 is 10.6. The molecule has 0 aromatic heterocycles. The van der Waals surface area contributed by atoms with Gasteiger partial charge in [-0.15, -0.1) is 0 Å². The van der Waals surface area contributed by atoms with Crippen LogP contribution in [0.3, 0.4) is 0 Å². The molecule has 0 saturated heterocycles. The van der Waals surface area contributed by atoms with Gasteiger partial charge < -0.3 is 14.6 Å². The topological polar surface area (TPSA) is 72.8 Å². The molecule has 0 aliphatic carbocycles. The van der Waals surface area contributed by atoms with Crippen LogP contribution < -0.4 is 0 Å². The molecular formula is C42H74O5. The maximum atomic E-state index is 12.2. The summed E-state index contributed by atoms with van der Waals surface area (Å²) in [6, 6.07) is 0. The molecule has 0 heterocycles. The Hall–Kier alpha value is -2.14. The number of hydrogen-bond donors (Lipinski definition) is 1. The van der Waals surface area contributed by atoms with Gasteiger partial charge in [-0.3, -0.25) is 9.59 Å². The second-order valence-corrected chi connectivity index (χ2v) is 13.0. The highest BCUT2D eigenvalue weighted by atomic mass is 16.6. The Labute approximate surface area is 290 Å². The summed E-state index contributed by atoms with van der Waals surface area (Å²) in [6.45, 7) is 3.98. The molecule has 0 aliphatic rings. The highest BCUT2D eigenvalue weighted by molar-refractivity contribution is 5.70. The molecule has 272 valence electrons. The van der Waals surface area contributed by atoms with Crippen LogP contribution in [0.2, 0.25) is 0 Å². The van der Waals surface area contributed by atoms with Gasteiger partial charge in [0.2, 0.25) is 0 Å². The Kier molecular flexibility index (Phi) is 36.6. The van der Waals surface area contributed by atoms with Gasteiger partial charge >= 0.3 is 11.9 Å². The molecule has 5 heteroatoms. The Morgan fingerprint density at radius 3 is 1.43 bits per heavy atom. The van der Waals surface area contributed by atoms with Crippen LogP contribution in [-0.4, -0.2) is 36.4 Å². The molecule has 0 fully saturated rings. The highest BCUT2D eigenvalue weighted by Gasteiger charge is 2.16. The fraction of sp³-hybridized carbons (Fsp3) is 0.762. The maximum absolute atomic E-state index is 12.2. The zero-order valence-corrected chi connectivity index (χ0v) is 30.8. The smallest absolute Gasteiger partial charge is 0.306 e. The normalized spacial score (nSPS) is 12.7. The lowest BCUT2D eigenvalue weighted by Crippen LogP contribution is -2.28. The standard InChI is InChI=1S/C42H74O5/c1-3-5-7-9-11-13-15-17-18-19-20-21-22-23-25-27-29-31-33-35-37-42(45)47-40(38-43)39-46-41(44)36-34-32-30-28-26-24-16-14-12-10-8-6-4-2/h6,8,10,12,14,16,20-21,40,43H,3-5,7,9,11,13,15,17-19,22-39H2,1-2H3/b8-6+,12-10+,16-14+,21-20+. The molecule has 0 saturated carbocycles. The van der Waals surface area contributed by atoms with Crippen molar-refractivity contribution in [3.05, 3.63) is 48.6 Å². The van der Waals surface area contributed by atoms with Crippen molar-refractivity contribution in [3.63, 3.8) is 0 Å². The van der Waals surface area contributed by atoms with Crippen molar-refractivity contribution in [3.8, 4) is 0 Å². The van der Waals surface area contributed by atoms with E-state index >= 15 is 0 Å². The predicted octanol–water partition coefficient (Wildman–Crippen LogP) is 12.2. The number of ether oxygens (including phenoxy) is 2. The quantitative estimate of drug-likeness (QED) is 0.0317. The minimum atomic E-state index is -0.781. The molecule has 0 bridgehead atoms. The number of unbranched alkanes of at least 4 members (excludes halogenated alkanes) is 21. The monoisotopic (exact) mass is 659 g/mol. The minimum Gasteiger partial charge on any atom is -0.462 e. The van der Waals surface area contributed by atoms with Crippen molar-refractivity contribution in [1.82, 2.24) is 0 Å². The zero-order valence-electron chi connectivity index (χ0n) is 30.8. The summed E-state index contributed by atoms with van der Waals surface area (Å²) in [6.07, 6.45) is 47.5. The lowest BCUT2D eigenvalue weighted by atomic mass is 10.1. The predicted molar refractivity (Wildman–Crippen MR) is 200 cm³/mol. The van der Waals surface area contributed by atoms with E-state index in [-0.39, 0.29) is 25.2 Å². The number of hydrogen-bond acceptors (Lipinski definition) is 5. The maximum Gasteiger partial charge on any atom is 0.306 e.